The molecule has 17 heavy (non-hydrogen) atoms. The summed E-state index contributed by atoms with van der Waals surface area (Å²) in [6.07, 6.45) is 0. The van der Waals surface area contributed by atoms with Crippen molar-refractivity contribution >= 4 is 17.3 Å². The van der Waals surface area contributed by atoms with Crippen molar-refractivity contribution in [1.29, 1.82) is 0 Å². The normalized spacial score (nSPS) is 9.94. The van der Waals surface area contributed by atoms with Gasteiger partial charge < -0.3 is 11.1 Å². The fraction of sp³-hybridized carbons (Fsp3) is 0.0714. The van der Waals surface area contributed by atoms with Gasteiger partial charge in [0.15, 0.2) is 0 Å². The van der Waals surface area contributed by atoms with Crippen molar-refractivity contribution in [1.82, 2.24) is 0 Å². The largest absolute Gasteiger partial charge is 0.399 e. The Labute approximate surface area is 100 Å². The van der Waals surface area contributed by atoms with Crippen LogP contribution in [0.5, 0.6) is 0 Å². The van der Waals surface area contributed by atoms with Gasteiger partial charge >= 0.3 is 0 Å². The maximum absolute atomic E-state index is 11.9. The molecule has 0 aliphatic heterocycles. The summed E-state index contributed by atoms with van der Waals surface area (Å²) in [6, 6.07) is 14.5. The van der Waals surface area contributed by atoms with E-state index < -0.39 is 0 Å². The van der Waals surface area contributed by atoms with Crippen LogP contribution in [0.15, 0.2) is 48.5 Å². The summed E-state index contributed by atoms with van der Waals surface area (Å²) in [6.45, 7) is 1.91. The van der Waals surface area contributed by atoms with E-state index in [9.17, 15) is 4.79 Å². The predicted octanol–water partition coefficient (Wildman–Crippen LogP) is 2.83. The van der Waals surface area contributed by atoms with Gasteiger partial charge in [0.25, 0.3) is 5.91 Å². The average Bonchev–Trinajstić information content (AvgIpc) is 2.35. The van der Waals surface area contributed by atoms with E-state index >= 15 is 0 Å². The van der Waals surface area contributed by atoms with Crippen LogP contribution in [0.4, 0.5) is 11.4 Å². The molecule has 86 valence electrons. The van der Waals surface area contributed by atoms with Gasteiger partial charge in [-0.1, -0.05) is 18.2 Å². The van der Waals surface area contributed by atoms with Gasteiger partial charge in [0.05, 0.1) is 0 Å². The van der Waals surface area contributed by atoms with E-state index in [0.717, 1.165) is 16.9 Å². The summed E-state index contributed by atoms with van der Waals surface area (Å²) in [5, 5.41) is 2.83. The first-order valence-electron chi connectivity index (χ1n) is 5.39. The van der Waals surface area contributed by atoms with Crippen molar-refractivity contribution in [2.24, 2.45) is 0 Å². The zero-order valence-corrected chi connectivity index (χ0v) is 9.60. The molecule has 1 amide bonds. The molecule has 0 radical (unpaired) electrons. The van der Waals surface area contributed by atoms with Gasteiger partial charge in [0, 0.05) is 16.9 Å². The molecule has 2 aromatic carbocycles. The Bertz CT molecular complexity index is 535. The summed E-state index contributed by atoms with van der Waals surface area (Å²) in [5.74, 6) is -0.116. The number of carbonyl (C=O) groups excluding carboxylic acids is 1. The van der Waals surface area contributed by atoms with Crippen LogP contribution in [0, 0.1) is 6.92 Å². The lowest BCUT2D eigenvalue weighted by Crippen LogP contribution is -2.11. The van der Waals surface area contributed by atoms with Gasteiger partial charge in [-0.15, -0.1) is 0 Å². The second-order valence-corrected chi connectivity index (χ2v) is 3.89. The molecule has 0 spiro atoms. The minimum atomic E-state index is -0.116. The third-order valence-electron chi connectivity index (χ3n) is 2.56. The summed E-state index contributed by atoms with van der Waals surface area (Å²) < 4.78 is 0. The van der Waals surface area contributed by atoms with Crippen LogP contribution in [0.3, 0.4) is 0 Å². The molecule has 0 aliphatic rings. The summed E-state index contributed by atoms with van der Waals surface area (Å²) in [5.41, 5.74) is 8.79. The van der Waals surface area contributed by atoms with E-state index in [1.807, 2.05) is 31.2 Å². The van der Waals surface area contributed by atoms with Gasteiger partial charge in [-0.05, 0) is 42.8 Å². The van der Waals surface area contributed by atoms with Crippen molar-refractivity contribution in [3.63, 3.8) is 0 Å². The van der Waals surface area contributed by atoms with E-state index in [1.54, 1.807) is 24.3 Å². The first kappa shape index (κ1) is 11.2. The van der Waals surface area contributed by atoms with Gasteiger partial charge in [-0.25, -0.2) is 0 Å². The van der Waals surface area contributed by atoms with Crippen molar-refractivity contribution in [3.8, 4) is 0 Å². The molecule has 0 atom stereocenters. The van der Waals surface area contributed by atoms with Crippen LogP contribution < -0.4 is 11.1 Å². The highest BCUT2D eigenvalue weighted by atomic mass is 16.1. The molecule has 0 fully saturated rings. The second kappa shape index (κ2) is 4.70. The molecule has 0 aliphatic carbocycles. The van der Waals surface area contributed by atoms with Crippen LogP contribution >= 0.6 is 0 Å². The average molecular weight is 226 g/mol. The van der Waals surface area contributed by atoms with E-state index in [4.69, 9.17) is 5.73 Å². The number of amides is 1. The number of nitrogens with two attached hydrogens (primary N) is 1. The number of nitrogen functional groups attached to an aromatic ring is 1. The number of nitrogens with one attached hydrogen (secondary N) is 1. The lowest BCUT2D eigenvalue weighted by Gasteiger charge is -2.07. The standard InChI is InChI=1S/C14H14N2O/c1-10-9-12(7-8-13(10)15)16-14(17)11-5-3-2-4-6-11/h2-9H,15H2,1H3,(H,16,17). The zero-order chi connectivity index (χ0) is 12.3. The quantitative estimate of drug-likeness (QED) is 0.773. The Balaban J connectivity index is 2.16. The number of benzene rings is 2. The third-order valence-corrected chi connectivity index (χ3v) is 2.56. The number of hydrogen-bond donors (Lipinski definition) is 2. The van der Waals surface area contributed by atoms with E-state index in [-0.39, 0.29) is 5.91 Å². The second-order valence-electron chi connectivity index (χ2n) is 3.89. The Morgan fingerprint density at radius 1 is 1.12 bits per heavy atom. The number of carbonyl (C=O) groups is 1. The molecule has 3 N–H and O–H groups in total. The van der Waals surface area contributed by atoms with E-state index in [1.165, 1.54) is 0 Å². The molecule has 2 aromatic rings. The first-order valence-corrected chi connectivity index (χ1v) is 5.39. The molecule has 0 saturated heterocycles. The fourth-order valence-corrected chi connectivity index (χ4v) is 1.55. The molecule has 2 rings (SSSR count). The van der Waals surface area contributed by atoms with Crippen molar-refractivity contribution < 1.29 is 4.79 Å². The zero-order valence-electron chi connectivity index (χ0n) is 9.60. The van der Waals surface area contributed by atoms with Crippen LogP contribution in [-0.2, 0) is 0 Å². The minimum absolute atomic E-state index is 0.116. The minimum Gasteiger partial charge on any atom is -0.399 e. The summed E-state index contributed by atoms with van der Waals surface area (Å²) in [4.78, 5) is 11.9. The summed E-state index contributed by atoms with van der Waals surface area (Å²) >= 11 is 0. The highest BCUT2D eigenvalue weighted by molar-refractivity contribution is 6.04. The Morgan fingerprint density at radius 2 is 1.82 bits per heavy atom. The summed E-state index contributed by atoms with van der Waals surface area (Å²) in [7, 11) is 0. The van der Waals surface area contributed by atoms with Crippen LogP contribution in [0.25, 0.3) is 0 Å². The molecular weight excluding hydrogens is 212 g/mol. The maximum Gasteiger partial charge on any atom is 0.255 e. The molecule has 0 bridgehead atoms. The molecule has 0 heterocycles. The molecule has 0 saturated carbocycles. The Morgan fingerprint density at radius 3 is 2.47 bits per heavy atom. The number of rotatable bonds is 2. The Kier molecular flexibility index (Phi) is 3.10. The van der Waals surface area contributed by atoms with Crippen molar-refractivity contribution in [3.05, 3.63) is 59.7 Å². The highest BCUT2D eigenvalue weighted by Crippen LogP contribution is 2.17. The number of hydrogen-bond acceptors (Lipinski definition) is 2. The fourth-order valence-electron chi connectivity index (χ4n) is 1.55. The van der Waals surface area contributed by atoms with Crippen LogP contribution in [-0.4, -0.2) is 5.91 Å². The monoisotopic (exact) mass is 226 g/mol. The van der Waals surface area contributed by atoms with Crippen LogP contribution in [0.2, 0.25) is 0 Å². The third kappa shape index (κ3) is 2.64. The topological polar surface area (TPSA) is 55.1 Å². The Hall–Kier alpha value is -2.29. The molecule has 3 nitrogen and oxygen atoms in total. The molecule has 0 unspecified atom stereocenters. The van der Waals surface area contributed by atoms with Crippen molar-refractivity contribution in [2.45, 2.75) is 6.92 Å². The smallest absolute Gasteiger partial charge is 0.255 e. The molecule has 0 aromatic heterocycles. The molecule has 3 heteroatoms. The van der Waals surface area contributed by atoms with Crippen LogP contribution in [0.1, 0.15) is 15.9 Å². The molecular formula is C14H14N2O. The van der Waals surface area contributed by atoms with E-state index in [0.29, 0.717) is 5.56 Å². The van der Waals surface area contributed by atoms with Gasteiger partial charge in [-0.3, -0.25) is 4.79 Å². The highest BCUT2D eigenvalue weighted by Gasteiger charge is 2.05. The lowest BCUT2D eigenvalue weighted by molar-refractivity contribution is 0.102. The SMILES string of the molecule is Cc1cc(NC(=O)c2ccccc2)ccc1N. The number of aryl methyl sites for hydroxylation is 1. The van der Waals surface area contributed by atoms with E-state index in [2.05, 4.69) is 5.32 Å². The maximum atomic E-state index is 11.9. The number of anilines is 2. The van der Waals surface area contributed by atoms with Crippen molar-refractivity contribution in [2.75, 3.05) is 11.1 Å². The predicted molar refractivity (Wildman–Crippen MR) is 70.0 cm³/mol. The lowest BCUT2D eigenvalue weighted by atomic mass is 10.1. The first-order chi connectivity index (χ1) is 8.16. The van der Waals surface area contributed by atoms with Gasteiger partial charge in [-0.2, -0.15) is 0 Å². The van der Waals surface area contributed by atoms with Gasteiger partial charge in [0.1, 0.15) is 0 Å². The van der Waals surface area contributed by atoms with Gasteiger partial charge in [0.2, 0.25) is 0 Å².